The Balaban J connectivity index is 1.86. The zero-order valence-corrected chi connectivity index (χ0v) is 11.4. The van der Waals surface area contributed by atoms with Crippen LogP contribution in [0.5, 0.6) is 5.88 Å². The fourth-order valence-electron chi connectivity index (χ4n) is 2.07. The summed E-state index contributed by atoms with van der Waals surface area (Å²) >= 11 is 0. The van der Waals surface area contributed by atoms with Crippen LogP contribution >= 0.6 is 0 Å². The summed E-state index contributed by atoms with van der Waals surface area (Å²) in [6.07, 6.45) is 5.22. The van der Waals surface area contributed by atoms with Crippen molar-refractivity contribution in [2.45, 2.75) is 19.3 Å². The number of pyridine rings is 1. The van der Waals surface area contributed by atoms with Crippen LogP contribution in [0.4, 0.5) is 0 Å². The number of aromatic nitrogens is 1. The molecule has 0 spiro atoms. The quantitative estimate of drug-likeness (QED) is 0.772. The smallest absolute Gasteiger partial charge is 0.357 e. The van der Waals surface area contributed by atoms with E-state index in [-0.39, 0.29) is 5.69 Å². The van der Waals surface area contributed by atoms with Gasteiger partial charge in [-0.1, -0.05) is 0 Å². The normalized spacial score (nSPS) is 17.4. The molecule has 0 atom stereocenters. The molecule has 1 aliphatic heterocycles. The highest BCUT2D eigenvalue weighted by molar-refractivity contribution is 5.92. The number of methoxy groups -OCH3 is 1. The zero-order valence-electron chi connectivity index (χ0n) is 11.4. The van der Waals surface area contributed by atoms with Crippen LogP contribution in [0.1, 0.15) is 35.3 Å². The van der Waals surface area contributed by atoms with Crippen molar-refractivity contribution in [2.75, 3.05) is 20.3 Å². The SMILES string of the molecule is COC(=O)c1nc(OCC2CC2)ccc1C1=CCCO1. The topological polar surface area (TPSA) is 57.7 Å². The van der Waals surface area contributed by atoms with Crippen molar-refractivity contribution >= 4 is 11.7 Å². The van der Waals surface area contributed by atoms with Gasteiger partial charge in [-0.25, -0.2) is 9.78 Å². The summed E-state index contributed by atoms with van der Waals surface area (Å²) < 4.78 is 15.9. The molecule has 20 heavy (non-hydrogen) atoms. The van der Waals surface area contributed by atoms with Crippen molar-refractivity contribution < 1.29 is 19.0 Å². The Hall–Kier alpha value is -2.04. The molecule has 2 aliphatic rings. The predicted octanol–water partition coefficient (Wildman–Crippen LogP) is 2.42. The van der Waals surface area contributed by atoms with E-state index in [2.05, 4.69) is 4.98 Å². The molecule has 1 fully saturated rings. The molecule has 0 aromatic carbocycles. The van der Waals surface area contributed by atoms with E-state index in [1.54, 1.807) is 12.1 Å². The van der Waals surface area contributed by atoms with Gasteiger partial charge in [-0.2, -0.15) is 0 Å². The minimum atomic E-state index is -0.478. The molecule has 5 heteroatoms. The molecular weight excluding hydrogens is 258 g/mol. The van der Waals surface area contributed by atoms with Crippen LogP contribution < -0.4 is 4.74 Å². The highest BCUT2D eigenvalue weighted by Crippen LogP contribution is 2.30. The monoisotopic (exact) mass is 275 g/mol. The Labute approximate surface area is 117 Å². The van der Waals surface area contributed by atoms with Gasteiger partial charge < -0.3 is 14.2 Å². The van der Waals surface area contributed by atoms with Crippen LogP contribution in [0.25, 0.3) is 5.76 Å². The lowest BCUT2D eigenvalue weighted by Gasteiger charge is -2.11. The minimum absolute atomic E-state index is 0.244. The Morgan fingerprint density at radius 1 is 1.45 bits per heavy atom. The number of hydrogen-bond acceptors (Lipinski definition) is 5. The molecule has 0 amide bonds. The van der Waals surface area contributed by atoms with Crippen molar-refractivity contribution in [3.63, 3.8) is 0 Å². The van der Waals surface area contributed by atoms with Crippen LogP contribution in [0.2, 0.25) is 0 Å². The maximum absolute atomic E-state index is 11.9. The lowest BCUT2D eigenvalue weighted by molar-refractivity contribution is 0.0591. The number of rotatable bonds is 5. The van der Waals surface area contributed by atoms with Gasteiger partial charge in [-0.3, -0.25) is 0 Å². The number of esters is 1. The lowest BCUT2D eigenvalue weighted by Crippen LogP contribution is -2.10. The molecule has 1 aromatic rings. The van der Waals surface area contributed by atoms with E-state index in [4.69, 9.17) is 14.2 Å². The molecule has 0 saturated heterocycles. The number of nitrogens with zero attached hydrogens (tertiary/aromatic N) is 1. The van der Waals surface area contributed by atoms with Crippen molar-refractivity contribution in [1.29, 1.82) is 0 Å². The Bertz CT molecular complexity index is 549. The maximum atomic E-state index is 11.9. The zero-order chi connectivity index (χ0) is 13.9. The summed E-state index contributed by atoms with van der Waals surface area (Å²) in [7, 11) is 1.34. The van der Waals surface area contributed by atoms with Crippen molar-refractivity contribution in [3.8, 4) is 5.88 Å². The van der Waals surface area contributed by atoms with Gasteiger partial charge in [0.05, 0.1) is 20.3 Å². The van der Waals surface area contributed by atoms with Gasteiger partial charge in [0, 0.05) is 18.1 Å². The summed E-state index contributed by atoms with van der Waals surface area (Å²) in [5.41, 5.74) is 0.905. The van der Waals surface area contributed by atoms with E-state index < -0.39 is 5.97 Å². The third-order valence-corrected chi connectivity index (χ3v) is 3.38. The van der Waals surface area contributed by atoms with Crippen molar-refractivity contribution in [2.24, 2.45) is 5.92 Å². The van der Waals surface area contributed by atoms with Gasteiger partial charge in [-0.05, 0) is 30.9 Å². The van der Waals surface area contributed by atoms with E-state index in [0.29, 0.717) is 36.3 Å². The first-order valence-electron chi connectivity index (χ1n) is 6.83. The molecule has 2 heterocycles. The first kappa shape index (κ1) is 13.0. The van der Waals surface area contributed by atoms with Gasteiger partial charge in [0.1, 0.15) is 5.76 Å². The van der Waals surface area contributed by atoms with Crippen LogP contribution in [-0.4, -0.2) is 31.3 Å². The van der Waals surface area contributed by atoms with Crippen LogP contribution in [0, 0.1) is 5.92 Å². The largest absolute Gasteiger partial charge is 0.493 e. The van der Waals surface area contributed by atoms with Crippen LogP contribution in [0.3, 0.4) is 0 Å². The van der Waals surface area contributed by atoms with Gasteiger partial charge in [0.25, 0.3) is 0 Å². The van der Waals surface area contributed by atoms with Crippen LogP contribution in [-0.2, 0) is 9.47 Å². The van der Waals surface area contributed by atoms with Gasteiger partial charge in [0.15, 0.2) is 5.69 Å². The second-order valence-electron chi connectivity index (χ2n) is 5.00. The maximum Gasteiger partial charge on any atom is 0.357 e. The molecule has 0 N–H and O–H groups in total. The fraction of sp³-hybridized carbons (Fsp3) is 0.467. The standard InChI is InChI=1S/C15H17NO4/c1-18-15(17)14-11(12-3-2-8-19-12)6-7-13(16-14)20-9-10-4-5-10/h3,6-7,10H,2,4-5,8-9H2,1H3. The molecule has 1 aromatic heterocycles. The highest BCUT2D eigenvalue weighted by atomic mass is 16.5. The summed E-state index contributed by atoms with van der Waals surface area (Å²) in [6, 6.07) is 3.57. The Morgan fingerprint density at radius 2 is 2.30 bits per heavy atom. The van der Waals surface area contributed by atoms with E-state index in [1.807, 2.05) is 6.08 Å². The number of carbonyl (C=O) groups excluding carboxylic acids is 1. The average molecular weight is 275 g/mol. The summed E-state index contributed by atoms with van der Waals surface area (Å²) in [6.45, 7) is 1.29. The molecule has 5 nitrogen and oxygen atoms in total. The minimum Gasteiger partial charge on any atom is -0.493 e. The fourth-order valence-corrected chi connectivity index (χ4v) is 2.07. The summed E-state index contributed by atoms with van der Waals surface area (Å²) in [5.74, 6) is 1.30. The summed E-state index contributed by atoms with van der Waals surface area (Å²) in [4.78, 5) is 16.1. The number of hydrogen-bond donors (Lipinski definition) is 0. The third kappa shape index (κ3) is 2.76. The molecule has 3 rings (SSSR count). The molecule has 0 bridgehead atoms. The first-order chi connectivity index (χ1) is 9.78. The Morgan fingerprint density at radius 3 is 2.95 bits per heavy atom. The Kier molecular flexibility index (Phi) is 3.58. The predicted molar refractivity (Wildman–Crippen MR) is 72.3 cm³/mol. The van der Waals surface area contributed by atoms with E-state index in [0.717, 1.165) is 6.42 Å². The van der Waals surface area contributed by atoms with E-state index >= 15 is 0 Å². The molecule has 106 valence electrons. The lowest BCUT2D eigenvalue weighted by atomic mass is 10.1. The van der Waals surface area contributed by atoms with Crippen molar-refractivity contribution in [3.05, 3.63) is 29.5 Å². The van der Waals surface area contributed by atoms with Gasteiger partial charge >= 0.3 is 5.97 Å². The van der Waals surface area contributed by atoms with E-state index in [1.165, 1.54) is 20.0 Å². The molecule has 1 aliphatic carbocycles. The molecule has 0 radical (unpaired) electrons. The van der Waals surface area contributed by atoms with Crippen molar-refractivity contribution in [1.82, 2.24) is 4.98 Å². The average Bonchev–Trinajstić information content (AvgIpc) is 3.16. The van der Waals surface area contributed by atoms with Crippen LogP contribution in [0.15, 0.2) is 18.2 Å². The molecule has 0 unspecified atom stereocenters. The number of ether oxygens (including phenoxy) is 3. The first-order valence-corrected chi connectivity index (χ1v) is 6.83. The van der Waals surface area contributed by atoms with Gasteiger partial charge in [0.2, 0.25) is 5.88 Å². The molecular formula is C15H17NO4. The summed E-state index contributed by atoms with van der Waals surface area (Å²) in [5, 5.41) is 0. The van der Waals surface area contributed by atoms with Gasteiger partial charge in [-0.15, -0.1) is 0 Å². The second kappa shape index (κ2) is 5.53. The molecule has 1 saturated carbocycles. The third-order valence-electron chi connectivity index (χ3n) is 3.38. The van der Waals surface area contributed by atoms with E-state index in [9.17, 15) is 4.79 Å². The number of carbonyl (C=O) groups is 1. The second-order valence-corrected chi connectivity index (χ2v) is 5.00. The highest BCUT2D eigenvalue weighted by Gasteiger charge is 2.24.